The molecule has 0 aliphatic carbocycles. The summed E-state index contributed by atoms with van der Waals surface area (Å²) in [7, 11) is 5.37. The normalized spacial score (nSPS) is 13.5. The number of anilines is 2. The van der Waals surface area contributed by atoms with Crippen LogP contribution in [0.5, 0.6) is 5.75 Å². The zero-order valence-corrected chi connectivity index (χ0v) is 18.6. The Morgan fingerprint density at radius 3 is 2.24 bits per heavy atom. The van der Waals surface area contributed by atoms with E-state index >= 15 is 0 Å². The van der Waals surface area contributed by atoms with Crippen LogP contribution >= 0.6 is 0 Å². The molecule has 7 heteroatoms. The van der Waals surface area contributed by atoms with Gasteiger partial charge in [0.05, 0.1) is 19.2 Å². The molecule has 1 aliphatic rings. The summed E-state index contributed by atoms with van der Waals surface area (Å²) in [4.78, 5) is 29.9. The number of para-hydroxylation sites is 1. The first kappa shape index (κ1) is 22.1. The van der Waals surface area contributed by atoms with Crippen molar-refractivity contribution >= 4 is 28.8 Å². The fraction of sp³-hybridized carbons (Fsp3) is 0.154. The molecular weight excluding hydrogens is 421 g/mol. The van der Waals surface area contributed by atoms with Gasteiger partial charge in [-0.2, -0.15) is 0 Å². The molecule has 0 saturated heterocycles. The van der Waals surface area contributed by atoms with Gasteiger partial charge in [-0.3, -0.25) is 14.5 Å². The molecule has 3 aromatic carbocycles. The van der Waals surface area contributed by atoms with Crippen molar-refractivity contribution in [1.29, 1.82) is 0 Å². The van der Waals surface area contributed by atoms with Gasteiger partial charge in [0.1, 0.15) is 17.3 Å². The number of imide groups is 1. The first-order valence-corrected chi connectivity index (χ1v) is 10.4. The molecule has 0 unspecified atom stereocenters. The first-order chi connectivity index (χ1) is 15.9. The zero-order valence-electron chi connectivity index (χ0n) is 18.6. The van der Waals surface area contributed by atoms with Crippen molar-refractivity contribution in [1.82, 2.24) is 4.90 Å². The van der Waals surface area contributed by atoms with Gasteiger partial charge in [-0.1, -0.05) is 36.4 Å². The molecule has 4 rings (SSSR count). The smallest absolute Gasteiger partial charge is 0.278 e. The third-order valence-corrected chi connectivity index (χ3v) is 5.48. The molecule has 1 heterocycles. The number of ether oxygens (including phenoxy) is 1. The predicted molar refractivity (Wildman–Crippen MR) is 126 cm³/mol. The average molecular weight is 445 g/mol. The quantitative estimate of drug-likeness (QED) is 0.550. The Morgan fingerprint density at radius 1 is 0.909 bits per heavy atom. The number of nitrogens with one attached hydrogen (secondary N) is 1. The molecule has 168 valence electrons. The summed E-state index contributed by atoms with van der Waals surface area (Å²) >= 11 is 0. The molecule has 3 aromatic rings. The fourth-order valence-corrected chi connectivity index (χ4v) is 3.72. The Labute approximate surface area is 191 Å². The average Bonchev–Trinajstić information content (AvgIpc) is 3.04. The van der Waals surface area contributed by atoms with Gasteiger partial charge in [0.2, 0.25) is 0 Å². The van der Waals surface area contributed by atoms with Gasteiger partial charge in [0.15, 0.2) is 0 Å². The van der Waals surface area contributed by atoms with Crippen LogP contribution in [-0.2, 0) is 16.1 Å². The van der Waals surface area contributed by atoms with Crippen LogP contribution in [-0.4, -0.2) is 37.9 Å². The minimum absolute atomic E-state index is 0.124. The molecule has 6 nitrogen and oxygen atoms in total. The lowest BCUT2D eigenvalue weighted by molar-refractivity contribution is -0.137. The Hall–Kier alpha value is -4.13. The highest BCUT2D eigenvalue weighted by Crippen LogP contribution is 2.36. The summed E-state index contributed by atoms with van der Waals surface area (Å²) < 4.78 is 19.7. The number of halogens is 1. The summed E-state index contributed by atoms with van der Waals surface area (Å²) in [6.07, 6.45) is 0. The van der Waals surface area contributed by atoms with Crippen molar-refractivity contribution in [3.05, 3.63) is 95.4 Å². The molecule has 0 atom stereocenters. The number of methoxy groups -OCH3 is 1. The van der Waals surface area contributed by atoms with Crippen LogP contribution in [0.25, 0.3) is 5.57 Å². The summed E-state index contributed by atoms with van der Waals surface area (Å²) in [6.45, 7) is -0.173. The summed E-state index contributed by atoms with van der Waals surface area (Å²) in [6, 6.07) is 20.6. The van der Waals surface area contributed by atoms with Crippen molar-refractivity contribution in [3.63, 3.8) is 0 Å². The molecule has 0 aromatic heterocycles. The van der Waals surface area contributed by atoms with E-state index in [-0.39, 0.29) is 23.4 Å². The lowest BCUT2D eigenvalue weighted by Crippen LogP contribution is -2.32. The van der Waals surface area contributed by atoms with E-state index in [9.17, 15) is 14.0 Å². The van der Waals surface area contributed by atoms with E-state index in [2.05, 4.69) is 5.32 Å². The Morgan fingerprint density at radius 2 is 1.58 bits per heavy atom. The molecule has 33 heavy (non-hydrogen) atoms. The molecule has 0 saturated carbocycles. The molecule has 1 aliphatic heterocycles. The van der Waals surface area contributed by atoms with E-state index in [1.807, 2.05) is 43.3 Å². The van der Waals surface area contributed by atoms with Crippen molar-refractivity contribution < 1.29 is 18.7 Å². The number of carbonyl (C=O) groups excluding carboxylic acids is 2. The number of benzene rings is 3. The highest BCUT2D eigenvalue weighted by Gasteiger charge is 2.40. The van der Waals surface area contributed by atoms with Crippen LogP contribution in [0.15, 0.2) is 78.5 Å². The second-order valence-electron chi connectivity index (χ2n) is 7.80. The van der Waals surface area contributed by atoms with Gasteiger partial charge in [-0.15, -0.1) is 0 Å². The maximum absolute atomic E-state index is 14.3. The van der Waals surface area contributed by atoms with Crippen LogP contribution in [0, 0.1) is 5.82 Å². The number of amides is 2. The maximum atomic E-state index is 14.3. The van der Waals surface area contributed by atoms with Crippen LogP contribution in [0.1, 0.15) is 11.1 Å². The number of hydrogen-bond acceptors (Lipinski definition) is 5. The van der Waals surface area contributed by atoms with Gasteiger partial charge < -0.3 is 15.0 Å². The highest BCUT2D eigenvalue weighted by molar-refractivity contribution is 6.36. The molecule has 2 amide bonds. The maximum Gasteiger partial charge on any atom is 0.278 e. The Bertz CT molecular complexity index is 1240. The molecule has 0 spiro atoms. The van der Waals surface area contributed by atoms with Gasteiger partial charge in [0.25, 0.3) is 11.8 Å². The van der Waals surface area contributed by atoms with Gasteiger partial charge >= 0.3 is 0 Å². The topological polar surface area (TPSA) is 61.9 Å². The number of nitrogens with zero attached hydrogens (tertiary/aromatic N) is 2. The van der Waals surface area contributed by atoms with E-state index in [4.69, 9.17) is 4.74 Å². The van der Waals surface area contributed by atoms with E-state index in [1.54, 1.807) is 42.5 Å². The number of rotatable bonds is 7. The monoisotopic (exact) mass is 445 g/mol. The zero-order chi connectivity index (χ0) is 23.5. The third kappa shape index (κ3) is 4.30. The van der Waals surface area contributed by atoms with Crippen LogP contribution in [0.4, 0.5) is 15.8 Å². The van der Waals surface area contributed by atoms with Gasteiger partial charge in [-0.05, 0) is 36.4 Å². The standard InChI is InChI=1S/C26H24FN3O3/c1-29(2)19-14-12-18(13-15-19)28-24-23(20-9-5-7-11-22(20)33-3)25(31)30(26(24)32)16-17-8-4-6-10-21(17)27/h4-15,28H,16H2,1-3H3. The van der Waals surface area contributed by atoms with E-state index in [1.165, 1.54) is 13.2 Å². The fourth-order valence-electron chi connectivity index (χ4n) is 3.72. The Balaban J connectivity index is 1.76. The largest absolute Gasteiger partial charge is 0.496 e. The number of carbonyl (C=O) groups is 2. The molecular formula is C26H24FN3O3. The van der Waals surface area contributed by atoms with Crippen LogP contribution < -0.4 is 15.0 Å². The minimum atomic E-state index is -0.527. The predicted octanol–water partition coefficient (Wildman–Crippen LogP) is 4.29. The summed E-state index contributed by atoms with van der Waals surface area (Å²) in [5, 5.41) is 3.12. The van der Waals surface area contributed by atoms with Crippen molar-refractivity contribution in [2.45, 2.75) is 6.54 Å². The molecule has 0 fully saturated rings. The van der Waals surface area contributed by atoms with E-state index in [0.717, 1.165) is 10.6 Å². The van der Waals surface area contributed by atoms with Gasteiger partial charge in [-0.25, -0.2) is 4.39 Å². The van der Waals surface area contributed by atoms with Crippen molar-refractivity contribution in [2.75, 3.05) is 31.4 Å². The Kier molecular flexibility index (Phi) is 6.13. The summed E-state index contributed by atoms with van der Waals surface area (Å²) in [5.41, 5.74) is 2.70. The molecule has 0 radical (unpaired) electrons. The van der Waals surface area contributed by atoms with Crippen molar-refractivity contribution in [3.8, 4) is 5.75 Å². The number of hydrogen-bond donors (Lipinski definition) is 1. The SMILES string of the molecule is COc1ccccc1C1=C(Nc2ccc(N(C)C)cc2)C(=O)N(Cc2ccccc2F)C1=O. The third-order valence-electron chi connectivity index (χ3n) is 5.48. The minimum Gasteiger partial charge on any atom is -0.496 e. The molecule has 0 bridgehead atoms. The van der Waals surface area contributed by atoms with E-state index in [0.29, 0.717) is 17.0 Å². The first-order valence-electron chi connectivity index (χ1n) is 10.4. The van der Waals surface area contributed by atoms with E-state index < -0.39 is 17.6 Å². The second-order valence-corrected chi connectivity index (χ2v) is 7.80. The lowest BCUT2D eigenvalue weighted by Gasteiger charge is -2.16. The van der Waals surface area contributed by atoms with Gasteiger partial charge in [0, 0.05) is 36.6 Å². The van der Waals surface area contributed by atoms with Crippen LogP contribution in [0.3, 0.4) is 0 Å². The lowest BCUT2D eigenvalue weighted by atomic mass is 10.0. The van der Waals surface area contributed by atoms with Crippen LogP contribution in [0.2, 0.25) is 0 Å². The van der Waals surface area contributed by atoms with Crippen molar-refractivity contribution in [2.24, 2.45) is 0 Å². The highest BCUT2D eigenvalue weighted by atomic mass is 19.1. The summed E-state index contributed by atoms with van der Waals surface area (Å²) in [5.74, 6) is -1.05. The molecule has 1 N–H and O–H groups in total. The second kappa shape index (κ2) is 9.16.